The molecule has 0 aliphatic carbocycles. The number of nitrogen functional groups attached to an aromatic ring is 1. The molecule has 2 saturated heterocycles. The summed E-state index contributed by atoms with van der Waals surface area (Å²) in [4.78, 5) is 12.5. The van der Waals surface area contributed by atoms with E-state index in [1.807, 2.05) is 4.57 Å². The molecule has 4 heterocycles. The van der Waals surface area contributed by atoms with E-state index in [2.05, 4.69) is 27.6 Å². The highest BCUT2D eigenvalue weighted by Gasteiger charge is 2.47. The number of nitrogens with zero attached hydrogens (tertiary/aromatic N) is 4. The van der Waals surface area contributed by atoms with Gasteiger partial charge < -0.3 is 19.8 Å². The maximum Gasteiger partial charge on any atom is 0.165 e. The molecule has 7 nitrogen and oxygen atoms in total. The lowest BCUT2D eigenvalue weighted by molar-refractivity contribution is 0.0656. The molecule has 0 radical (unpaired) electrons. The summed E-state index contributed by atoms with van der Waals surface area (Å²) in [5.74, 6) is 0.388. The third-order valence-corrected chi connectivity index (χ3v) is 4.19. The minimum absolute atomic E-state index is 0.00362. The van der Waals surface area contributed by atoms with Gasteiger partial charge >= 0.3 is 0 Å². The Morgan fingerprint density at radius 2 is 2.05 bits per heavy atom. The lowest BCUT2D eigenvalue weighted by atomic mass is 10.1. The zero-order chi connectivity index (χ0) is 13.0. The van der Waals surface area contributed by atoms with Crippen molar-refractivity contribution in [3.05, 3.63) is 12.7 Å². The number of nitrogens with two attached hydrogens (primary N) is 1. The van der Waals surface area contributed by atoms with Gasteiger partial charge in [0, 0.05) is 0 Å². The van der Waals surface area contributed by atoms with Gasteiger partial charge in [-0.3, -0.25) is 0 Å². The van der Waals surface area contributed by atoms with Gasteiger partial charge in [0.05, 0.1) is 36.9 Å². The van der Waals surface area contributed by atoms with Crippen LogP contribution in [0.2, 0.25) is 0 Å². The van der Waals surface area contributed by atoms with E-state index in [-0.39, 0.29) is 23.5 Å². The van der Waals surface area contributed by atoms with E-state index in [0.29, 0.717) is 30.2 Å². The lowest BCUT2D eigenvalue weighted by Crippen LogP contribution is -2.28. The third kappa shape index (κ3) is 1.57. The van der Waals surface area contributed by atoms with E-state index in [1.165, 1.54) is 6.33 Å². The number of hydrogen-bond donors (Lipinski definition) is 2. The number of aromatic nitrogens is 4. The molecule has 4 atom stereocenters. The van der Waals surface area contributed by atoms with Gasteiger partial charge in [-0.1, -0.05) is 0 Å². The topological polar surface area (TPSA) is 88.1 Å². The number of hydrogen-bond acceptors (Lipinski definition) is 7. The molecule has 100 valence electrons. The zero-order valence-electron chi connectivity index (χ0n) is 10.0. The summed E-state index contributed by atoms with van der Waals surface area (Å²) in [5.41, 5.74) is 7.13. The standard InChI is InChI=1S/C11H13N5O2S/c12-10-7-11(14-3-13-10)16(4-15-7)5-1-17-9-6(19)2-18-8(5)9/h3-6,8-9,19H,1-2H2,(H2,12,13,14)/t5-,6+,8+,9+/m0/s1. The predicted molar refractivity (Wildman–Crippen MR) is 71.0 cm³/mol. The zero-order valence-corrected chi connectivity index (χ0v) is 10.9. The Morgan fingerprint density at radius 1 is 1.21 bits per heavy atom. The molecular weight excluding hydrogens is 266 g/mol. The van der Waals surface area contributed by atoms with Gasteiger partial charge in [-0.05, 0) is 0 Å². The van der Waals surface area contributed by atoms with Crippen LogP contribution in [0, 0.1) is 0 Å². The molecule has 8 heteroatoms. The first-order valence-electron chi connectivity index (χ1n) is 6.10. The molecule has 2 fully saturated rings. The molecule has 0 amide bonds. The highest BCUT2D eigenvalue weighted by Crippen LogP contribution is 2.37. The summed E-state index contributed by atoms with van der Waals surface area (Å²) >= 11 is 4.47. The Labute approximate surface area is 114 Å². The van der Waals surface area contributed by atoms with Crippen molar-refractivity contribution in [2.24, 2.45) is 0 Å². The average molecular weight is 279 g/mol. The highest BCUT2D eigenvalue weighted by molar-refractivity contribution is 7.81. The third-order valence-electron chi connectivity index (χ3n) is 3.75. The van der Waals surface area contributed by atoms with Crippen molar-refractivity contribution in [3.63, 3.8) is 0 Å². The molecule has 0 spiro atoms. The van der Waals surface area contributed by atoms with Gasteiger partial charge in [0.15, 0.2) is 11.5 Å². The first-order valence-corrected chi connectivity index (χ1v) is 6.61. The van der Waals surface area contributed by atoms with Crippen LogP contribution in [0.25, 0.3) is 11.2 Å². The summed E-state index contributed by atoms with van der Waals surface area (Å²) in [6.45, 7) is 1.18. The van der Waals surface area contributed by atoms with Gasteiger partial charge in [0.2, 0.25) is 0 Å². The molecule has 2 aliphatic rings. The van der Waals surface area contributed by atoms with Crippen LogP contribution in [-0.2, 0) is 9.47 Å². The fourth-order valence-electron chi connectivity index (χ4n) is 2.81. The van der Waals surface area contributed by atoms with Crippen LogP contribution >= 0.6 is 12.6 Å². The van der Waals surface area contributed by atoms with Crippen molar-refractivity contribution in [2.45, 2.75) is 23.5 Å². The first-order chi connectivity index (χ1) is 9.25. The average Bonchev–Trinajstić information content (AvgIpc) is 3.06. The van der Waals surface area contributed by atoms with Gasteiger partial charge in [0.25, 0.3) is 0 Å². The van der Waals surface area contributed by atoms with Crippen LogP contribution in [0.1, 0.15) is 6.04 Å². The molecule has 2 aromatic heterocycles. The Kier molecular flexibility index (Phi) is 2.44. The smallest absolute Gasteiger partial charge is 0.165 e. The quantitative estimate of drug-likeness (QED) is 0.717. The van der Waals surface area contributed by atoms with Crippen molar-refractivity contribution >= 4 is 29.6 Å². The van der Waals surface area contributed by atoms with Crippen LogP contribution in [0.4, 0.5) is 5.82 Å². The van der Waals surface area contributed by atoms with Crippen LogP contribution in [0.15, 0.2) is 12.7 Å². The molecule has 4 rings (SSSR count). The largest absolute Gasteiger partial charge is 0.382 e. The van der Waals surface area contributed by atoms with Crippen molar-refractivity contribution < 1.29 is 9.47 Å². The highest BCUT2D eigenvalue weighted by atomic mass is 32.1. The summed E-state index contributed by atoms with van der Waals surface area (Å²) in [7, 11) is 0. The van der Waals surface area contributed by atoms with Crippen molar-refractivity contribution in [1.29, 1.82) is 0 Å². The number of ether oxygens (including phenoxy) is 2. The maximum atomic E-state index is 5.80. The molecule has 2 aromatic rings. The second-order valence-corrected chi connectivity index (χ2v) is 5.48. The van der Waals surface area contributed by atoms with Crippen LogP contribution in [0.5, 0.6) is 0 Å². The molecule has 2 aliphatic heterocycles. The SMILES string of the molecule is Nc1ncnc2c1ncn2[C@H]1CO[C@H]2[C@@H]1OC[C@H]2S. The minimum atomic E-state index is -0.00362. The summed E-state index contributed by atoms with van der Waals surface area (Å²) in [6.07, 6.45) is 3.20. The predicted octanol–water partition coefficient (Wildman–Crippen LogP) is 0.0456. The number of rotatable bonds is 1. The van der Waals surface area contributed by atoms with Gasteiger partial charge in [-0.2, -0.15) is 12.6 Å². The molecular formula is C11H13N5O2S. The fraction of sp³-hybridized carbons (Fsp3) is 0.545. The van der Waals surface area contributed by atoms with Gasteiger partial charge in [-0.25, -0.2) is 15.0 Å². The molecule has 19 heavy (non-hydrogen) atoms. The van der Waals surface area contributed by atoms with E-state index in [9.17, 15) is 0 Å². The fourth-order valence-corrected chi connectivity index (χ4v) is 3.15. The maximum absolute atomic E-state index is 5.80. The van der Waals surface area contributed by atoms with Crippen molar-refractivity contribution in [1.82, 2.24) is 19.5 Å². The monoisotopic (exact) mass is 279 g/mol. The minimum Gasteiger partial charge on any atom is -0.382 e. The van der Waals surface area contributed by atoms with E-state index in [4.69, 9.17) is 15.2 Å². The molecule has 0 saturated carbocycles. The van der Waals surface area contributed by atoms with Crippen LogP contribution in [0.3, 0.4) is 0 Å². The van der Waals surface area contributed by atoms with E-state index < -0.39 is 0 Å². The van der Waals surface area contributed by atoms with E-state index in [1.54, 1.807) is 6.33 Å². The van der Waals surface area contributed by atoms with Crippen molar-refractivity contribution in [3.8, 4) is 0 Å². The van der Waals surface area contributed by atoms with E-state index >= 15 is 0 Å². The Bertz CT molecular complexity index is 633. The summed E-state index contributed by atoms with van der Waals surface area (Å²) < 4.78 is 13.5. The Hall–Kier alpha value is -1.38. The molecule has 0 bridgehead atoms. The molecule has 0 aromatic carbocycles. The first kappa shape index (κ1) is 11.4. The summed E-state index contributed by atoms with van der Waals surface area (Å²) in [5, 5.41) is 0.129. The number of fused-ring (bicyclic) bond motifs is 2. The van der Waals surface area contributed by atoms with Crippen molar-refractivity contribution in [2.75, 3.05) is 18.9 Å². The van der Waals surface area contributed by atoms with Gasteiger partial charge in [0.1, 0.15) is 17.9 Å². The number of thiol groups is 1. The summed E-state index contributed by atoms with van der Waals surface area (Å²) in [6, 6.07) is 0.0569. The normalized spacial score (nSPS) is 33.9. The van der Waals surface area contributed by atoms with Gasteiger partial charge in [-0.15, -0.1) is 0 Å². The Morgan fingerprint density at radius 3 is 2.95 bits per heavy atom. The van der Waals surface area contributed by atoms with E-state index in [0.717, 1.165) is 0 Å². The lowest BCUT2D eigenvalue weighted by Gasteiger charge is -2.17. The number of anilines is 1. The molecule has 0 unspecified atom stereocenters. The second-order valence-electron chi connectivity index (χ2n) is 4.81. The molecule has 2 N–H and O–H groups in total. The van der Waals surface area contributed by atoms with Crippen LogP contribution in [-0.4, -0.2) is 50.2 Å². The van der Waals surface area contributed by atoms with Crippen LogP contribution < -0.4 is 5.73 Å². The Balaban J connectivity index is 1.77. The number of imidazole rings is 1. The second kappa shape index (κ2) is 4.06.